The normalized spacial score (nSPS) is 10.9. The molecular weight excluding hydrogens is 474 g/mol. The van der Waals surface area contributed by atoms with Crippen LogP contribution in [0.4, 0.5) is 11.4 Å². The van der Waals surface area contributed by atoms with Crippen LogP contribution >= 0.6 is 0 Å². The number of benzene rings is 4. The second-order valence-corrected chi connectivity index (χ2v) is 9.80. The third-order valence-electron chi connectivity index (χ3n) is 5.50. The summed E-state index contributed by atoms with van der Waals surface area (Å²) in [5.74, 6) is -0.726. The van der Waals surface area contributed by atoms with Crippen molar-refractivity contribution in [2.75, 3.05) is 10.0 Å². The summed E-state index contributed by atoms with van der Waals surface area (Å²) in [6.07, 6.45) is 0. The molecule has 4 aromatic carbocycles. The largest absolute Gasteiger partial charge is 0.348 e. The van der Waals surface area contributed by atoms with Gasteiger partial charge in [0.05, 0.1) is 21.8 Å². The molecule has 0 aliphatic heterocycles. The van der Waals surface area contributed by atoms with Crippen molar-refractivity contribution >= 4 is 33.2 Å². The molecule has 0 aromatic heterocycles. The molecule has 0 bridgehead atoms. The maximum atomic E-state index is 13.0. The van der Waals surface area contributed by atoms with Crippen LogP contribution in [0.5, 0.6) is 0 Å². The van der Waals surface area contributed by atoms with Gasteiger partial charge in [-0.25, -0.2) is 8.42 Å². The van der Waals surface area contributed by atoms with Gasteiger partial charge in [0.2, 0.25) is 0 Å². The van der Waals surface area contributed by atoms with E-state index in [1.165, 1.54) is 18.2 Å². The predicted molar refractivity (Wildman–Crippen MR) is 140 cm³/mol. The number of anilines is 2. The van der Waals surface area contributed by atoms with Crippen LogP contribution in [-0.2, 0) is 16.6 Å². The summed E-state index contributed by atoms with van der Waals surface area (Å²) in [4.78, 5) is 25.9. The van der Waals surface area contributed by atoms with Crippen molar-refractivity contribution in [1.82, 2.24) is 5.32 Å². The predicted octanol–water partition coefficient (Wildman–Crippen LogP) is 4.98. The SMILES string of the molecule is Cc1cc(C(=O)Nc2ccccc2C(=O)NCc2ccccc2)ccc1NS(=O)(=O)c1ccccc1. The lowest BCUT2D eigenvalue weighted by Gasteiger charge is -2.14. The van der Waals surface area contributed by atoms with Gasteiger partial charge >= 0.3 is 0 Å². The van der Waals surface area contributed by atoms with Gasteiger partial charge in [0.15, 0.2) is 0 Å². The van der Waals surface area contributed by atoms with Gasteiger partial charge < -0.3 is 10.6 Å². The lowest BCUT2D eigenvalue weighted by atomic mass is 10.1. The Balaban J connectivity index is 1.46. The van der Waals surface area contributed by atoms with E-state index in [9.17, 15) is 18.0 Å². The van der Waals surface area contributed by atoms with Gasteiger partial charge in [-0.15, -0.1) is 0 Å². The van der Waals surface area contributed by atoms with E-state index in [2.05, 4.69) is 15.4 Å². The topological polar surface area (TPSA) is 104 Å². The zero-order chi connectivity index (χ0) is 25.5. The van der Waals surface area contributed by atoms with Gasteiger partial charge in [-0.05, 0) is 60.5 Å². The van der Waals surface area contributed by atoms with Crippen LogP contribution < -0.4 is 15.4 Å². The highest BCUT2D eigenvalue weighted by Gasteiger charge is 2.17. The van der Waals surface area contributed by atoms with Gasteiger partial charge in [0, 0.05) is 12.1 Å². The highest BCUT2D eigenvalue weighted by molar-refractivity contribution is 7.92. The summed E-state index contributed by atoms with van der Waals surface area (Å²) in [5.41, 5.74) is 2.96. The molecule has 0 saturated heterocycles. The Hall–Kier alpha value is -4.43. The van der Waals surface area contributed by atoms with Crippen LogP contribution in [0.25, 0.3) is 0 Å². The molecule has 8 heteroatoms. The zero-order valence-corrected chi connectivity index (χ0v) is 20.4. The summed E-state index contributed by atoms with van der Waals surface area (Å²) >= 11 is 0. The fraction of sp³-hybridized carbons (Fsp3) is 0.0714. The Morgan fingerprint density at radius 3 is 2.06 bits per heavy atom. The summed E-state index contributed by atoms with van der Waals surface area (Å²) in [5, 5.41) is 5.65. The summed E-state index contributed by atoms with van der Waals surface area (Å²) in [6.45, 7) is 2.08. The molecule has 0 fully saturated rings. The smallest absolute Gasteiger partial charge is 0.261 e. The number of carbonyl (C=O) groups excluding carboxylic acids is 2. The Morgan fingerprint density at radius 1 is 0.722 bits per heavy atom. The number of rotatable bonds is 8. The van der Waals surface area contributed by atoms with Gasteiger partial charge in [-0.2, -0.15) is 0 Å². The lowest BCUT2D eigenvalue weighted by Crippen LogP contribution is -2.25. The van der Waals surface area contributed by atoms with Crippen LogP contribution in [0.2, 0.25) is 0 Å². The first kappa shape index (κ1) is 24.7. The molecule has 0 atom stereocenters. The van der Waals surface area contributed by atoms with E-state index in [0.29, 0.717) is 34.6 Å². The molecule has 0 aliphatic carbocycles. The summed E-state index contributed by atoms with van der Waals surface area (Å²) in [6, 6.07) is 29.0. The molecule has 3 N–H and O–H groups in total. The highest BCUT2D eigenvalue weighted by Crippen LogP contribution is 2.22. The minimum Gasteiger partial charge on any atom is -0.348 e. The molecule has 4 rings (SSSR count). The van der Waals surface area contributed by atoms with E-state index in [0.717, 1.165) is 5.56 Å². The van der Waals surface area contributed by atoms with Crippen LogP contribution in [0.15, 0.2) is 108 Å². The zero-order valence-electron chi connectivity index (χ0n) is 19.6. The van der Waals surface area contributed by atoms with E-state index in [-0.39, 0.29) is 10.8 Å². The molecule has 0 heterocycles. The Bertz CT molecular complexity index is 1490. The first-order valence-electron chi connectivity index (χ1n) is 11.2. The number of nitrogens with one attached hydrogen (secondary N) is 3. The standard InChI is InChI=1S/C28H25N3O4S/c1-20-18-22(16-17-25(20)31-36(34,35)23-12-6-3-7-13-23)27(32)30-26-15-9-8-14-24(26)28(33)29-19-21-10-4-2-5-11-21/h2-18,31H,19H2,1H3,(H,29,33)(H,30,32). The van der Waals surface area contributed by atoms with Crippen molar-refractivity contribution in [3.8, 4) is 0 Å². The van der Waals surface area contributed by atoms with E-state index in [1.807, 2.05) is 30.3 Å². The molecule has 0 saturated carbocycles. The Kier molecular flexibility index (Phi) is 7.46. The van der Waals surface area contributed by atoms with E-state index in [1.54, 1.807) is 61.5 Å². The number of amides is 2. The molecule has 4 aromatic rings. The first-order valence-corrected chi connectivity index (χ1v) is 12.7. The van der Waals surface area contributed by atoms with Gasteiger partial charge in [0.1, 0.15) is 0 Å². The molecular formula is C28H25N3O4S. The number of sulfonamides is 1. The first-order chi connectivity index (χ1) is 17.3. The number of para-hydroxylation sites is 1. The fourth-order valence-corrected chi connectivity index (χ4v) is 4.73. The third-order valence-corrected chi connectivity index (χ3v) is 6.88. The average molecular weight is 500 g/mol. The van der Waals surface area contributed by atoms with Gasteiger partial charge in [-0.1, -0.05) is 60.7 Å². The minimum atomic E-state index is -3.75. The second-order valence-electron chi connectivity index (χ2n) is 8.12. The highest BCUT2D eigenvalue weighted by atomic mass is 32.2. The average Bonchev–Trinajstić information content (AvgIpc) is 2.90. The van der Waals surface area contributed by atoms with Crippen LogP contribution in [0, 0.1) is 6.92 Å². The molecule has 0 spiro atoms. The molecule has 7 nitrogen and oxygen atoms in total. The van der Waals surface area contributed by atoms with Gasteiger partial charge in [-0.3, -0.25) is 14.3 Å². The number of carbonyl (C=O) groups is 2. The lowest BCUT2D eigenvalue weighted by molar-refractivity contribution is 0.0951. The van der Waals surface area contributed by atoms with E-state index >= 15 is 0 Å². The molecule has 0 aliphatic rings. The van der Waals surface area contributed by atoms with Crippen molar-refractivity contribution in [3.63, 3.8) is 0 Å². The van der Waals surface area contributed by atoms with E-state index < -0.39 is 15.9 Å². The van der Waals surface area contributed by atoms with Crippen molar-refractivity contribution in [2.24, 2.45) is 0 Å². The Labute approximate surface area is 210 Å². The van der Waals surface area contributed by atoms with Crippen molar-refractivity contribution in [3.05, 3.63) is 125 Å². The van der Waals surface area contributed by atoms with Crippen molar-refractivity contribution in [1.29, 1.82) is 0 Å². The number of aryl methyl sites for hydroxylation is 1. The van der Waals surface area contributed by atoms with Crippen LogP contribution in [0.1, 0.15) is 31.8 Å². The Morgan fingerprint density at radius 2 is 1.36 bits per heavy atom. The van der Waals surface area contributed by atoms with Crippen molar-refractivity contribution in [2.45, 2.75) is 18.4 Å². The summed E-state index contributed by atoms with van der Waals surface area (Å²) in [7, 11) is -3.75. The van der Waals surface area contributed by atoms with Crippen LogP contribution in [0.3, 0.4) is 0 Å². The maximum Gasteiger partial charge on any atom is 0.261 e. The number of hydrogen-bond donors (Lipinski definition) is 3. The molecule has 0 radical (unpaired) electrons. The molecule has 36 heavy (non-hydrogen) atoms. The monoisotopic (exact) mass is 499 g/mol. The maximum absolute atomic E-state index is 13.0. The molecule has 0 unspecified atom stereocenters. The summed E-state index contributed by atoms with van der Waals surface area (Å²) < 4.78 is 27.8. The second kappa shape index (κ2) is 10.9. The van der Waals surface area contributed by atoms with Crippen LogP contribution in [-0.4, -0.2) is 20.2 Å². The van der Waals surface area contributed by atoms with Crippen molar-refractivity contribution < 1.29 is 18.0 Å². The fourth-order valence-electron chi connectivity index (χ4n) is 3.58. The van der Waals surface area contributed by atoms with Gasteiger partial charge in [0.25, 0.3) is 21.8 Å². The third kappa shape index (κ3) is 5.97. The quantitative estimate of drug-likeness (QED) is 0.318. The molecule has 2 amide bonds. The minimum absolute atomic E-state index is 0.147. The molecule has 182 valence electrons. The van der Waals surface area contributed by atoms with E-state index in [4.69, 9.17) is 0 Å². The number of hydrogen-bond acceptors (Lipinski definition) is 4.